The maximum atomic E-state index is 11.5. The zero-order chi connectivity index (χ0) is 12.3. The van der Waals surface area contributed by atoms with Crippen LogP contribution in [0.1, 0.15) is 12.8 Å². The number of nitrogens with one attached hydrogen (secondary N) is 1. The molecule has 7 heteroatoms. The molecule has 92 valence electrons. The summed E-state index contributed by atoms with van der Waals surface area (Å²) in [5.74, 6) is 1.60. The number of hydrogen-bond acceptors (Lipinski definition) is 6. The molecule has 6 nitrogen and oxygen atoms in total. The van der Waals surface area contributed by atoms with E-state index in [2.05, 4.69) is 15.3 Å². The monoisotopic (exact) mass is 253 g/mol. The molecule has 0 radical (unpaired) electrons. The van der Waals surface area contributed by atoms with Crippen molar-refractivity contribution in [2.75, 3.05) is 23.8 Å². The van der Waals surface area contributed by atoms with E-state index >= 15 is 0 Å². The van der Waals surface area contributed by atoms with E-state index in [1.54, 1.807) is 0 Å². The van der Waals surface area contributed by atoms with Gasteiger partial charge in [0.25, 0.3) is 0 Å². The minimum Gasteiger partial charge on any atom is -0.383 e. The average Bonchev–Trinajstić information content (AvgIpc) is 3.06. The van der Waals surface area contributed by atoms with E-state index in [0.717, 1.165) is 6.54 Å². The number of hydrogen-bond donors (Lipinski definition) is 3. The second kappa shape index (κ2) is 5.22. The predicted molar refractivity (Wildman–Crippen MR) is 67.3 cm³/mol. The van der Waals surface area contributed by atoms with E-state index in [9.17, 15) is 4.79 Å². The van der Waals surface area contributed by atoms with Gasteiger partial charge in [0.05, 0.1) is 5.75 Å². The summed E-state index contributed by atoms with van der Waals surface area (Å²) in [6, 6.07) is 1.48. The van der Waals surface area contributed by atoms with Gasteiger partial charge >= 0.3 is 0 Å². The van der Waals surface area contributed by atoms with Crippen LogP contribution in [0.5, 0.6) is 0 Å². The second-order valence-corrected chi connectivity index (χ2v) is 4.98. The lowest BCUT2D eigenvalue weighted by atomic mass is 10.4. The molecule has 2 rings (SSSR count). The molecule has 1 aromatic rings. The highest BCUT2D eigenvalue weighted by Gasteiger charge is 2.21. The van der Waals surface area contributed by atoms with Crippen molar-refractivity contribution in [2.24, 2.45) is 5.92 Å². The van der Waals surface area contributed by atoms with Crippen LogP contribution in [-0.2, 0) is 4.79 Å². The molecule has 0 aliphatic heterocycles. The lowest BCUT2D eigenvalue weighted by Crippen LogP contribution is -2.27. The Bertz CT molecular complexity index is 401. The van der Waals surface area contributed by atoms with E-state index in [-0.39, 0.29) is 11.7 Å². The molecule has 5 N–H and O–H groups in total. The van der Waals surface area contributed by atoms with Gasteiger partial charge in [-0.25, -0.2) is 9.97 Å². The second-order valence-electron chi connectivity index (χ2n) is 4.04. The third-order valence-corrected chi connectivity index (χ3v) is 3.21. The molecule has 1 aliphatic rings. The van der Waals surface area contributed by atoms with Crippen molar-refractivity contribution in [2.45, 2.75) is 18.0 Å². The molecule has 1 aliphatic carbocycles. The maximum Gasteiger partial charge on any atom is 0.230 e. The minimum atomic E-state index is -0.00787. The maximum absolute atomic E-state index is 11.5. The number of anilines is 2. The van der Waals surface area contributed by atoms with Crippen molar-refractivity contribution in [1.82, 2.24) is 15.3 Å². The van der Waals surface area contributed by atoms with E-state index < -0.39 is 0 Å². The van der Waals surface area contributed by atoms with Gasteiger partial charge < -0.3 is 16.8 Å². The summed E-state index contributed by atoms with van der Waals surface area (Å²) in [5, 5.41) is 3.30. The largest absolute Gasteiger partial charge is 0.383 e. The first-order valence-electron chi connectivity index (χ1n) is 5.43. The van der Waals surface area contributed by atoms with E-state index in [0.29, 0.717) is 22.7 Å². The minimum absolute atomic E-state index is 0.00787. The van der Waals surface area contributed by atoms with Gasteiger partial charge in [0, 0.05) is 12.6 Å². The normalized spacial score (nSPS) is 14.6. The molecular formula is C10H15N5OS. The van der Waals surface area contributed by atoms with Gasteiger partial charge in [-0.2, -0.15) is 0 Å². The number of aromatic nitrogens is 2. The Labute approximate surface area is 104 Å². The summed E-state index contributed by atoms with van der Waals surface area (Å²) in [4.78, 5) is 19.4. The molecule has 0 atom stereocenters. The number of nitrogen functional groups attached to an aromatic ring is 2. The van der Waals surface area contributed by atoms with Crippen molar-refractivity contribution >= 4 is 29.3 Å². The Balaban J connectivity index is 1.77. The first kappa shape index (κ1) is 12.0. The summed E-state index contributed by atoms with van der Waals surface area (Å²) in [6.07, 6.45) is 2.45. The van der Waals surface area contributed by atoms with Crippen LogP contribution in [-0.4, -0.2) is 28.2 Å². The molecule has 0 bridgehead atoms. The third kappa shape index (κ3) is 4.10. The van der Waals surface area contributed by atoms with Crippen LogP contribution in [0.25, 0.3) is 0 Å². The van der Waals surface area contributed by atoms with Gasteiger partial charge in [-0.05, 0) is 18.8 Å². The predicted octanol–water partition coefficient (Wildman–Crippen LogP) is 0.259. The summed E-state index contributed by atoms with van der Waals surface area (Å²) in [5.41, 5.74) is 11.1. The summed E-state index contributed by atoms with van der Waals surface area (Å²) in [6.45, 7) is 0.777. The van der Waals surface area contributed by atoms with Crippen LogP contribution >= 0.6 is 11.8 Å². The molecule has 0 aromatic carbocycles. The highest BCUT2D eigenvalue weighted by molar-refractivity contribution is 7.99. The van der Waals surface area contributed by atoms with Gasteiger partial charge in [0.15, 0.2) is 5.16 Å². The van der Waals surface area contributed by atoms with Gasteiger partial charge in [0.1, 0.15) is 11.6 Å². The SMILES string of the molecule is Nc1cc(N)nc(SCC(=O)NCC2CC2)n1. The Kier molecular flexibility index (Phi) is 3.68. The quantitative estimate of drug-likeness (QED) is 0.513. The smallest absolute Gasteiger partial charge is 0.230 e. The fourth-order valence-corrected chi connectivity index (χ4v) is 1.99. The van der Waals surface area contributed by atoms with E-state index in [1.807, 2.05) is 0 Å². The van der Waals surface area contributed by atoms with Crippen molar-refractivity contribution in [1.29, 1.82) is 0 Å². The number of nitrogens with two attached hydrogens (primary N) is 2. The average molecular weight is 253 g/mol. The molecule has 17 heavy (non-hydrogen) atoms. The highest BCUT2D eigenvalue weighted by atomic mass is 32.2. The van der Waals surface area contributed by atoms with Crippen LogP contribution in [0.15, 0.2) is 11.2 Å². The van der Waals surface area contributed by atoms with E-state index in [1.165, 1.54) is 30.7 Å². The van der Waals surface area contributed by atoms with Crippen molar-refractivity contribution < 1.29 is 4.79 Å². The Hall–Kier alpha value is -1.50. The van der Waals surface area contributed by atoms with Crippen molar-refractivity contribution in [3.05, 3.63) is 6.07 Å². The standard InChI is InChI=1S/C10H15N5OS/c11-7-3-8(12)15-10(14-7)17-5-9(16)13-4-6-1-2-6/h3,6H,1-2,4-5H2,(H,13,16)(H4,11,12,14,15). The Morgan fingerprint density at radius 3 is 2.65 bits per heavy atom. The molecule has 1 amide bonds. The lowest BCUT2D eigenvalue weighted by molar-refractivity contribution is -0.118. The number of nitrogens with zero attached hydrogens (tertiary/aromatic N) is 2. The van der Waals surface area contributed by atoms with Gasteiger partial charge in [-0.15, -0.1) is 0 Å². The van der Waals surface area contributed by atoms with Gasteiger partial charge in [-0.1, -0.05) is 11.8 Å². The molecular weight excluding hydrogens is 238 g/mol. The fourth-order valence-electron chi connectivity index (χ4n) is 1.29. The highest BCUT2D eigenvalue weighted by Crippen LogP contribution is 2.27. The van der Waals surface area contributed by atoms with E-state index in [4.69, 9.17) is 11.5 Å². The summed E-state index contributed by atoms with van der Waals surface area (Å²) in [7, 11) is 0. The molecule has 1 fully saturated rings. The van der Waals surface area contributed by atoms with Crippen LogP contribution in [0.4, 0.5) is 11.6 Å². The number of rotatable bonds is 5. The van der Waals surface area contributed by atoms with Gasteiger partial charge in [-0.3, -0.25) is 4.79 Å². The summed E-state index contributed by atoms with van der Waals surface area (Å²) >= 11 is 1.23. The van der Waals surface area contributed by atoms with Crippen molar-refractivity contribution in [3.63, 3.8) is 0 Å². The lowest BCUT2D eigenvalue weighted by Gasteiger charge is -2.04. The first-order valence-corrected chi connectivity index (χ1v) is 6.41. The zero-order valence-corrected chi connectivity index (χ0v) is 10.2. The van der Waals surface area contributed by atoms with Crippen LogP contribution in [0, 0.1) is 5.92 Å². The Morgan fingerprint density at radius 1 is 1.41 bits per heavy atom. The fraction of sp³-hybridized carbons (Fsp3) is 0.500. The van der Waals surface area contributed by atoms with Crippen LogP contribution in [0.2, 0.25) is 0 Å². The van der Waals surface area contributed by atoms with Crippen LogP contribution in [0.3, 0.4) is 0 Å². The zero-order valence-electron chi connectivity index (χ0n) is 9.35. The molecule has 0 saturated heterocycles. The molecule has 0 unspecified atom stereocenters. The molecule has 1 aromatic heterocycles. The van der Waals surface area contributed by atoms with Crippen LogP contribution < -0.4 is 16.8 Å². The first-order chi connectivity index (χ1) is 8.13. The molecule has 1 saturated carbocycles. The number of thioether (sulfide) groups is 1. The third-order valence-electron chi connectivity index (χ3n) is 2.36. The number of carbonyl (C=O) groups is 1. The van der Waals surface area contributed by atoms with Crippen molar-refractivity contribution in [3.8, 4) is 0 Å². The Morgan fingerprint density at radius 2 is 2.06 bits per heavy atom. The molecule has 1 heterocycles. The topological polar surface area (TPSA) is 107 Å². The number of carbonyl (C=O) groups excluding carboxylic acids is 1. The van der Waals surface area contributed by atoms with Gasteiger partial charge in [0.2, 0.25) is 5.91 Å². The summed E-state index contributed by atoms with van der Waals surface area (Å²) < 4.78 is 0. The molecule has 0 spiro atoms. The number of amides is 1.